The second-order valence-electron chi connectivity index (χ2n) is 11.7. The van der Waals surface area contributed by atoms with Crippen LogP contribution in [0.3, 0.4) is 0 Å². The molecule has 2 heterocycles. The molecule has 0 radical (unpaired) electrons. The van der Waals surface area contributed by atoms with E-state index in [1.165, 1.54) is 91.1 Å². The number of aromatic nitrogens is 1. The Hall–Kier alpha value is -5.44. The zero-order chi connectivity index (χ0) is 28.8. The third-order valence-electron chi connectivity index (χ3n) is 9.35. The SMILES string of the molecule is c1cc(-c2ccc3c4ccccc4c4ccccc4c3c2)cc(-n2c3ccccc3c3cc4sc5ccccc5c4cc32)c1. The highest BCUT2D eigenvalue weighted by Crippen LogP contribution is 2.41. The van der Waals surface area contributed by atoms with Crippen molar-refractivity contribution in [2.45, 2.75) is 0 Å². The predicted octanol–water partition coefficient (Wildman–Crippen LogP) is 12.3. The van der Waals surface area contributed by atoms with Crippen molar-refractivity contribution in [2.75, 3.05) is 0 Å². The average molecular weight is 576 g/mol. The van der Waals surface area contributed by atoms with E-state index in [0.717, 1.165) is 0 Å². The Kier molecular flexibility index (Phi) is 4.94. The molecule has 0 aliphatic rings. The molecule has 2 aromatic heterocycles. The minimum atomic E-state index is 1.18. The molecule has 0 aliphatic heterocycles. The van der Waals surface area contributed by atoms with Gasteiger partial charge in [-0.05, 0) is 85.9 Å². The summed E-state index contributed by atoms with van der Waals surface area (Å²) in [4.78, 5) is 0. The van der Waals surface area contributed by atoms with Crippen LogP contribution in [0.1, 0.15) is 0 Å². The lowest BCUT2D eigenvalue weighted by atomic mass is 9.92. The van der Waals surface area contributed by atoms with Crippen LogP contribution in [-0.4, -0.2) is 4.57 Å². The minimum Gasteiger partial charge on any atom is -0.309 e. The Balaban J connectivity index is 1.22. The van der Waals surface area contributed by atoms with Crippen molar-refractivity contribution >= 4 is 85.6 Å². The van der Waals surface area contributed by atoms with Crippen molar-refractivity contribution in [3.05, 3.63) is 152 Å². The van der Waals surface area contributed by atoms with Crippen LogP contribution in [0.4, 0.5) is 0 Å². The summed E-state index contributed by atoms with van der Waals surface area (Å²) in [5, 5.41) is 13.1. The van der Waals surface area contributed by atoms with Gasteiger partial charge in [-0.25, -0.2) is 0 Å². The quantitative estimate of drug-likeness (QED) is 0.181. The maximum absolute atomic E-state index is 2.45. The second kappa shape index (κ2) is 9.03. The molecule has 0 atom stereocenters. The molecule has 0 bridgehead atoms. The molecule has 0 unspecified atom stereocenters. The second-order valence-corrected chi connectivity index (χ2v) is 12.8. The number of hydrogen-bond donors (Lipinski definition) is 0. The van der Waals surface area contributed by atoms with Gasteiger partial charge in [-0.3, -0.25) is 0 Å². The lowest BCUT2D eigenvalue weighted by Gasteiger charge is -2.13. The van der Waals surface area contributed by atoms with Crippen LogP contribution in [0.2, 0.25) is 0 Å². The van der Waals surface area contributed by atoms with Gasteiger partial charge in [-0.2, -0.15) is 0 Å². The van der Waals surface area contributed by atoms with Crippen molar-refractivity contribution in [3.8, 4) is 16.8 Å². The predicted molar refractivity (Wildman–Crippen MR) is 192 cm³/mol. The summed E-state index contributed by atoms with van der Waals surface area (Å²) in [6.45, 7) is 0. The summed E-state index contributed by atoms with van der Waals surface area (Å²) in [5.74, 6) is 0. The summed E-state index contributed by atoms with van der Waals surface area (Å²) >= 11 is 1.88. The first-order valence-electron chi connectivity index (χ1n) is 15.1. The summed E-state index contributed by atoms with van der Waals surface area (Å²) in [6.07, 6.45) is 0. The van der Waals surface area contributed by atoms with Crippen molar-refractivity contribution in [1.82, 2.24) is 4.57 Å². The first kappa shape index (κ1) is 24.0. The van der Waals surface area contributed by atoms with Crippen LogP contribution in [-0.2, 0) is 0 Å². The zero-order valence-electron chi connectivity index (χ0n) is 23.8. The van der Waals surface area contributed by atoms with Gasteiger partial charge in [0.15, 0.2) is 0 Å². The van der Waals surface area contributed by atoms with E-state index in [1.54, 1.807) is 0 Å². The van der Waals surface area contributed by atoms with Crippen LogP contribution in [0.15, 0.2) is 152 Å². The third-order valence-corrected chi connectivity index (χ3v) is 10.5. The Morgan fingerprint density at radius 3 is 1.70 bits per heavy atom. The summed E-state index contributed by atoms with van der Waals surface area (Å²) in [7, 11) is 0. The number of rotatable bonds is 2. The van der Waals surface area contributed by atoms with Crippen LogP contribution < -0.4 is 0 Å². The number of nitrogens with zero attached hydrogens (tertiary/aromatic N) is 1. The largest absolute Gasteiger partial charge is 0.309 e. The molecule has 10 rings (SSSR count). The minimum absolute atomic E-state index is 1.18. The normalized spacial score (nSPS) is 12.1. The molecule has 0 fully saturated rings. The highest BCUT2D eigenvalue weighted by molar-refractivity contribution is 7.25. The van der Waals surface area contributed by atoms with E-state index < -0.39 is 0 Å². The first-order valence-corrected chi connectivity index (χ1v) is 15.9. The van der Waals surface area contributed by atoms with Crippen LogP contribution in [0.25, 0.3) is 91.1 Å². The first-order chi connectivity index (χ1) is 21.8. The van der Waals surface area contributed by atoms with Crippen LogP contribution >= 0.6 is 11.3 Å². The van der Waals surface area contributed by atoms with E-state index in [0.29, 0.717) is 0 Å². The fraction of sp³-hybridized carbons (Fsp3) is 0. The Bertz CT molecular complexity index is 2740. The van der Waals surface area contributed by atoms with Gasteiger partial charge < -0.3 is 4.57 Å². The van der Waals surface area contributed by atoms with Gasteiger partial charge >= 0.3 is 0 Å². The van der Waals surface area contributed by atoms with Crippen LogP contribution in [0, 0.1) is 0 Å². The molecular weight excluding hydrogens is 551 g/mol. The van der Waals surface area contributed by atoms with Gasteiger partial charge in [0, 0.05) is 36.6 Å². The van der Waals surface area contributed by atoms with Gasteiger partial charge in [-0.15, -0.1) is 11.3 Å². The fourth-order valence-corrected chi connectivity index (χ4v) is 8.50. The van der Waals surface area contributed by atoms with Gasteiger partial charge in [0.05, 0.1) is 11.0 Å². The molecular formula is C42H25NS. The van der Waals surface area contributed by atoms with E-state index in [1.807, 2.05) is 11.3 Å². The van der Waals surface area contributed by atoms with Crippen molar-refractivity contribution < 1.29 is 0 Å². The highest BCUT2D eigenvalue weighted by Gasteiger charge is 2.16. The third kappa shape index (κ3) is 3.35. The summed E-state index contributed by atoms with van der Waals surface area (Å²) < 4.78 is 5.13. The van der Waals surface area contributed by atoms with E-state index in [9.17, 15) is 0 Å². The Morgan fingerprint density at radius 2 is 0.932 bits per heavy atom. The van der Waals surface area contributed by atoms with Gasteiger partial charge in [0.2, 0.25) is 0 Å². The van der Waals surface area contributed by atoms with Gasteiger partial charge in [-0.1, -0.05) is 109 Å². The number of benzene rings is 8. The van der Waals surface area contributed by atoms with Crippen LogP contribution in [0.5, 0.6) is 0 Å². The molecule has 0 saturated carbocycles. The van der Waals surface area contributed by atoms with Crippen molar-refractivity contribution in [3.63, 3.8) is 0 Å². The molecule has 44 heavy (non-hydrogen) atoms. The van der Waals surface area contributed by atoms with E-state index in [2.05, 4.69) is 156 Å². The Morgan fingerprint density at radius 1 is 0.318 bits per heavy atom. The molecule has 10 aromatic rings. The number of para-hydroxylation sites is 1. The topological polar surface area (TPSA) is 4.93 Å². The molecule has 8 aromatic carbocycles. The zero-order valence-corrected chi connectivity index (χ0v) is 24.6. The maximum atomic E-state index is 2.45. The van der Waals surface area contributed by atoms with E-state index >= 15 is 0 Å². The van der Waals surface area contributed by atoms with Crippen molar-refractivity contribution in [2.24, 2.45) is 0 Å². The summed E-state index contributed by atoms with van der Waals surface area (Å²) in [6, 6.07) is 56.0. The lowest BCUT2D eigenvalue weighted by Crippen LogP contribution is -1.94. The molecule has 0 amide bonds. The molecule has 0 spiro atoms. The monoisotopic (exact) mass is 575 g/mol. The maximum Gasteiger partial charge on any atom is 0.0548 e. The molecule has 0 saturated heterocycles. The number of thiophene rings is 1. The van der Waals surface area contributed by atoms with Crippen molar-refractivity contribution in [1.29, 1.82) is 0 Å². The standard InChI is InChI=1S/C42H25NS/c1-2-14-31-29(12-1)30-13-3-4-15-32(30)36-23-27(20-21-33(31)36)26-10-9-11-28(22-26)43-39-18-7-5-16-34(39)37-25-42-38(24-40(37)43)35-17-6-8-19-41(35)44-42/h1-25H. The number of hydrogen-bond acceptors (Lipinski definition) is 1. The molecule has 0 N–H and O–H groups in total. The van der Waals surface area contributed by atoms with Gasteiger partial charge in [0.25, 0.3) is 0 Å². The molecule has 204 valence electrons. The fourth-order valence-electron chi connectivity index (χ4n) is 7.38. The number of fused-ring (bicyclic) bond motifs is 12. The molecule has 0 aliphatic carbocycles. The van der Waals surface area contributed by atoms with E-state index in [4.69, 9.17) is 0 Å². The Labute approximate surface area is 257 Å². The van der Waals surface area contributed by atoms with Gasteiger partial charge in [0.1, 0.15) is 0 Å². The van der Waals surface area contributed by atoms with E-state index in [-0.39, 0.29) is 0 Å². The smallest absolute Gasteiger partial charge is 0.0548 e. The lowest BCUT2D eigenvalue weighted by molar-refractivity contribution is 1.18. The molecule has 1 nitrogen and oxygen atoms in total. The summed E-state index contributed by atoms with van der Waals surface area (Å²) in [5.41, 5.74) is 6.10. The highest BCUT2D eigenvalue weighted by atomic mass is 32.1. The average Bonchev–Trinajstić information content (AvgIpc) is 3.62. The molecule has 2 heteroatoms.